The highest BCUT2D eigenvalue weighted by atomic mass is 35.5. The number of hydrogen-bond acceptors (Lipinski definition) is 5. The Labute approximate surface area is 161 Å². The molecule has 0 aliphatic carbocycles. The number of aromatic nitrogens is 3. The number of H-pyrrole nitrogens is 1. The number of furan rings is 1. The summed E-state index contributed by atoms with van der Waals surface area (Å²) >= 11 is 11.3. The molecule has 0 bridgehead atoms. The van der Waals surface area contributed by atoms with E-state index in [0.717, 1.165) is 34.1 Å². The second kappa shape index (κ2) is 7.88. The van der Waals surface area contributed by atoms with Gasteiger partial charge in [-0.1, -0.05) is 18.5 Å². The molecule has 2 heterocycles. The molecule has 0 saturated carbocycles. The van der Waals surface area contributed by atoms with Gasteiger partial charge in [-0.3, -0.25) is 5.10 Å². The van der Waals surface area contributed by atoms with Crippen molar-refractivity contribution in [2.75, 3.05) is 0 Å². The largest absolute Gasteiger partial charge is 0.486 e. The summed E-state index contributed by atoms with van der Waals surface area (Å²) in [6.45, 7) is 6.21. The maximum absolute atomic E-state index is 6.18. The highest BCUT2D eigenvalue weighted by Crippen LogP contribution is 2.26. The van der Waals surface area contributed by atoms with Gasteiger partial charge in [0.05, 0.1) is 6.21 Å². The number of hydrogen-bond donors (Lipinski definition) is 1. The molecule has 26 heavy (non-hydrogen) atoms. The Kier molecular flexibility index (Phi) is 5.58. The van der Waals surface area contributed by atoms with Gasteiger partial charge in [0.1, 0.15) is 23.9 Å². The molecule has 0 amide bonds. The fraction of sp³-hybridized carbons (Fsp3) is 0.278. The summed E-state index contributed by atoms with van der Waals surface area (Å²) in [5.41, 5.74) is 1.97. The van der Waals surface area contributed by atoms with E-state index in [1.54, 1.807) is 10.9 Å². The van der Waals surface area contributed by atoms with Crippen molar-refractivity contribution in [3.8, 4) is 5.75 Å². The third-order valence-corrected chi connectivity index (χ3v) is 4.67. The van der Waals surface area contributed by atoms with Crippen LogP contribution in [0.1, 0.15) is 35.4 Å². The highest BCUT2D eigenvalue weighted by molar-refractivity contribution is 7.71. The highest BCUT2D eigenvalue weighted by Gasteiger charge is 2.06. The van der Waals surface area contributed by atoms with Gasteiger partial charge in [-0.15, -0.1) is 0 Å². The fourth-order valence-corrected chi connectivity index (χ4v) is 2.78. The van der Waals surface area contributed by atoms with Crippen LogP contribution < -0.4 is 4.74 Å². The third kappa shape index (κ3) is 4.05. The van der Waals surface area contributed by atoms with Crippen molar-refractivity contribution in [3.05, 3.63) is 62.5 Å². The minimum absolute atomic E-state index is 0.319. The van der Waals surface area contributed by atoms with Crippen LogP contribution in [0.15, 0.2) is 33.8 Å². The van der Waals surface area contributed by atoms with Crippen LogP contribution in [0.5, 0.6) is 5.75 Å². The third-order valence-electron chi connectivity index (χ3n) is 3.81. The Balaban J connectivity index is 1.68. The quantitative estimate of drug-likeness (QED) is 0.483. The van der Waals surface area contributed by atoms with Gasteiger partial charge in [0, 0.05) is 11.4 Å². The Morgan fingerprint density at radius 3 is 2.77 bits per heavy atom. The van der Waals surface area contributed by atoms with Crippen LogP contribution in [0.25, 0.3) is 0 Å². The lowest BCUT2D eigenvalue weighted by atomic mass is 10.1. The summed E-state index contributed by atoms with van der Waals surface area (Å²) in [6, 6.07) is 7.50. The maximum Gasteiger partial charge on any atom is 0.216 e. The number of nitrogens with zero attached hydrogens (tertiary/aromatic N) is 3. The number of rotatable bonds is 6. The smallest absolute Gasteiger partial charge is 0.216 e. The Morgan fingerprint density at radius 2 is 2.08 bits per heavy atom. The standard InChI is InChI=1S/C18H19ClN4O2S/c1-4-16-21-22-18(26)23(16)20-9-13-5-6-14(25-13)10-24-15-7-11(2)17(19)12(3)8-15/h5-9H,4,10H2,1-3H3,(H,22,26)/b20-9+. The average Bonchev–Trinajstić information content (AvgIpc) is 3.22. The predicted octanol–water partition coefficient (Wildman–Crippen LogP) is 4.83. The molecule has 0 fully saturated rings. The summed E-state index contributed by atoms with van der Waals surface area (Å²) in [5, 5.41) is 11.9. The number of halogens is 1. The predicted molar refractivity (Wildman–Crippen MR) is 104 cm³/mol. The van der Waals surface area contributed by atoms with E-state index < -0.39 is 0 Å². The fourth-order valence-electron chi connectivity index (χ4n) is 2.47. The zero-order chi connectivity index (χ0) is 18.7. The van der Waals surface area contributed by atoms with Gasteiger partial charge in [0.2, 0.25) is 4.77 Å². The first-order valence-electron chi connectivity index (χ1n) is 8.17. The van der Waals surface area contributed by atoms with Crippen molar-refractivity contribution in [1.82, 2.24) is 14.9 Å². The van der Waals surface area contributed by atoms with Gasteiger partial charge in [-0.25, -0.2) is 0 Å². The van der Waals surface area contributed by atoms with Gasteiger partial charge in [0.15, 0.2) is 5.82 Å². The van der Waals surface area contributed by atoms with Gasteiger partial charge >= 0.3 is 0 Å². The first kappa shape index (κ1) is 18.4. The van der Waals surface area contributed by atoms with E-state index >= 15 is 0 Å². The lowest BCUT2D eigenvalue weighted by molar-refractivity contribution is 0.269. The summed E-state index contributed by atoms with van der Waals surface area (Å²) in [7, 11) is 0. The van der Waals surface area contributed by atoms with Gasteiger partial charge in [0.25, 0.3) is 0 Å². The summed E-state index contributed by atoms with van der Waals surface area (Å²) in [6.07, 6.45) is 2.33. The van der Waals surface area contributed by atoms with Gasteiger partial charge in [-0.05, 0) is 61.5 Å². The molecular formula is C18H19ClN4O2S. The van der Waals surface area contributed by atoms with E-state index in [1.807, 2.05) is 45.0 Å². The molecule has 136 valence electrons. The minimum Gasteiger partial charge on any atom is -0.486 e. The van der Waals surface area contributed by atoms with Crippen molar-refractivity contribution in [2.45, 2.75) is 33.8 Å². The first-order valence-corrected chi connectivity index (χ1v) is 8.95. The summed E-state index contributed by atoms with van der Waals surface area (Å²) < 4.78 is 13.5. The molecule has 0 saturated heterocycles. The molecule has 0 radical (unpaired) electrons. The second-order valence-electron chi connectivity index (χ2n) is 5.82. The van der Waals surface area contributed by atoms with E-state index in [2.05, 4.69) is 15.3 Å². The first-order chi connectivity index (χ1) is 12.5. The molecule has 0 aliphatic rings. The number of ether oxygens (including phenoxy) is 1. The molecular weight excluding hydrogens is 372 g/mol. The molecule has 0 unspecified atom stereocenters. The van der Waals surface area contributed by atoms with Gasteiger partial charge < -0.3 is 9.15 Å². The van der Waals surface area contributed by atoms with Crippen LogP contribution in [-0.4, -0.2) is 21.1 Å². The number of aromatic amines is 1. The molecule has 6 nitrogen and oxygen atoms in total. The normalized spacial score (nSPS) is 11.4. The molecule has 1 N–H and O–H groups in total. The van der Waals surface area contributed by atoms with Crippen LogP contribution >= 0.6 is 23.8 Å². The SMILES string of the molecule is CCc1n[nH]c(=S)n1/N=C/c1ccc(COc2cc(C)c(Cl)c(C)c2)o1. The van der Waals surface area contributed by atoms with Crippen LogP contribution in [0.2, 0.25) is 5.02 Å². The molecule has 2 aromatic heterocycles. The van der Waals surface area contributed by atoms with Crippen molar-refractivity contribution >= 4 is 30.0 Å². The molecule has 8 heteroatoms. The monoisotopic (exact) mass is 390 g/mol. The molecule has 3 rings (SSSR count). The Morgan fingerprint density at radius 1 is 1.35 bits per heavy atom. The number of benzene rings is 1. The lowest BCUT2D eigenvalue weighted by Gasteiger charge is -2.08. The maximum atomic E-state index is 6.18. The number of nitrogens with one attached hydrogen (secondary N) is 1. The van der Waals surface area contributed by atoms with Gasteiger partial charge in [-0.2, -0.15) is 14.9 Å². The lowest BCUT2D eigenvalue weighted by Crippen LogP contribution is -1.97. The Hall–Kier alpha value is -2.38. The minimum atomic E-state index is 0.319. The molecule has 1 aromatic carbocycles. The van der Waals surface area contributed by atoms with Crippen molar-refractivity contribution in [2.24, 2.45) is 5.10 Å². The van der Waals surface area contributed by atoms with Crippen molar-refractivity contribution in [3.63, 3.8) is 0 Å². The van der Waals surface area contributed by atoms with E-state index in [-0.39, 0.29) is 0 Å². The van der Waals surface area contributed by atoms with E-state index in [4.69, 9.17) is 33.0 Å². The summed E-state index contributed by atoms with van der Waals surface area (Å²) in [4.78, 5) is 0. The van der Waals surface area contributed by atoms with Crippen LogP contribution in [-0.2, 0) is 13.0 Å². The topological polar surface area (TPSA) is 68.3 Å². The Bertz CT molecular complexity index is 980. The second-order valence-corrected chi connectivity index (χ2v) is 6.58. The van der Waals surface area contributed by atoms with E-state index in [1.165, 1.54) is 0 Å². The molecule has 0 aliphatic heterocycles. The average molecular weight is 391 g/mol. The number of aryl methyl sites for hydroxylation is 3. The molecule has 0 spiro atoms. The zero-order valence-electron chi connectivity index (χ0n) is 14.7. The van der Waals surface area contributed by atoms with Crippen LogP contribution in [0.4, 0.5) is 0 Å². The zero-order valence-corrected chi connectivity index (χ0v) is 16.3. The van der Waals surface area contributed by atoms with E-state index in [0.29, 0.717) is 22.9 Å². The molecule has 3 aromatic rings. The van der Waals surface area contributed by atoms with Crippen molar-refractivity contribution in [1.29, 1.82) is 0 Å². The van der Waals surface area contributed by atoms with E-state index in [9.17, 15) is 0 Å². The van der Waals surface area contributed by atoms with Crippen molar-refractivity contribution < 1.29 is 9.15 Å². The van der Waals surface area contributed by atoms with Crippen LogP contribution in [0, 0.1) is 18.6 Å². The summed E-state index contributed by atoms with van der Waals surface area (Å²) in [5.74, 6) is 2.82. The molecule has 0 atom stereocenters. The van der Waals surface area contributed by atoms with Crippen LogP contribution in [0.3, 0.4) is 0 Å².